The largest absolute Gasteiger partial charge is 0.494 e. The Hall–Kier alpha value is -2.21. The van der Waals surface area contributed by atoms with E-state index in [2.05, 4.69) is 6.92 Å². The van der Waals surface area contributed by atoms with Crippen molar-refractivity contribution in [2.24, 2.45) is 0 Å². The zero-order valence-electron chi connectivity index (χ0n) is 18.2. The van der Waals surface area contributed by atoms with E-state index < -0.39 is 17.8 Å². The molecule has 2 atom stereocenters. The van der Waals surface area contributed by atoms with Crippen LogP contribution in [0.15, 0.2) is 36.4 Å². The maximum Gasteiger partial charge on any atom is 0.266 e. The first kappa shape index (κ1) is 23.5. The molecule has 2 aromatic rings. The van der Waals surface area contributed by atoms with Gasteiger partial charge in [-0.15, -0.1) is 0 Å². The van der Waals surface area contributed by atoms with E-state index in [9.17, 15) is 8.78 Å². The van der Waals surface area contributed by atoms with Gasteiger partial charge in [-0.3, -0.25) is 0 Å². The van der Waals surface area contributed by atoms with E-state index in [1.807, 2.05) is 6.92 Å². The number of unbranched alkanes of at least 4 members (excludes halogenated alkanes) is 1. The van der Waals surface area contributed by atoms with Gasteiger partial charge in [0.2, 0.25) is 0 Å². The quantitative estimate of drug-likeness (QED) is 0.369. The molecule has 0 amide bonds. The number of alkyl halides is 2. The lowest BCUT2D eigenvalue weighted by molar-refractivity contribution is 0.00118. The SMILES string of the molecule is CCCCOc1ccc(OCc2ccc(C3CCC(CC)OC3)c(C(F)F)c2F)cc1. The molecule has 170 valence electrons. The van der Waals surface area contributed by atoms with Crippen molar-refractivity contribution in [3.05, 3.63) is 58.9 Å². The minimum absolute atomic E-state index is 0.116. The van der Waals surface area contributed by atoms with E-state index in [4.69, 9.17) is 14.2 Å². The Labute approximate surface area is 182 Å². The van der Waals surface area contributed by atoms with Gasteiger partial charge in [0, 0.05) is 11.5 Å². The topological polar surface area (TPSA) is 27.7 Å². The molecule has 1 aliphatic heterocycles. The number of hydrogen-bond donors (Lipinski definition) is 0. The summed E-state index contributed by atoms with van der Waals surface area (Å²) in [6, 6.07) is 10.2. The number of hydrogen-bond acceptors (Lipinski definition) is 3. The van der Waals surface area contributed by atoms with Crippen LogP contribution in [0.4, 0.5) is 13.2 Å². The van der Waals surface area contributed by atoms with Gasteiger partial charge in [-0.2, -0.15) is 0 Å². The van der Waals surface area contributed by atoms with Gasteiger partial charge in [0.05, 0.1) is 24.9 Å². The summed E-state index contributed by atoms with van der Waals surface area (Å²) in [5.41, 5.74) is -0.0609. The highest BCUT2D eigenvalue weighted by atomic mass is 19.3. The predicted molar refractivity (Wildman–Crippen MR) is 115 cm³/mol. The van der Waals surface area contributed by atoms with Crippen LogP contribution in [-0.4, -0.2) is 19.3 Å². The van der Waals surface area contributed by atoms with Crippen molar-refractivity contribution < 1.29 is 27.4 Å². The standard InChI is InChI=1S/C25H31F3O3/c1-3-5-14-29-20-9-11-21(12-10-20)31-16-18-7-13-22(23(24(18)26)25(27)28)17-6-8-19(4-2)30-15-17/h7,9-13,17,19,25H,3-6,8,14-16H2,1-2H3. The van der Waals surface area contributed by atoms with Crippen LogP contribution in [0, 0.1) is 5.82 Å². The van der Waals surface area contributed by atoms with E-state index in [0.717, 1.165) is 37.9 Å². The molecule has 0 bridgehead atoms. The smallest absolute Gasteiger partial charge is 0.266 e. The molecule has 1 heterocycles. The zero-order valence-corrected chi connectivity index (χ0v) is 18.2. The summed E-state index contributed by atoms with van der Waals surface area (Å²) in [5.74, 6) is 0.161. The van der Waals surface area contributed by atoms with Crippen LogP contribution in [0.1, 0.15) is 75.0 Å². The number of halogens is 3. The fraction of sp³-hybridized carbons (Fsp3) is 0.520. The second-order valence-corrected chi connectivity index (χ2v) is 7.94. The van der Waals surface area contributed by atoms with Crippen LogP contribution < -0.4 is 9.47 Å². The molecule has 2 unspecified atom stereocenters. The molecule has 2 aromatic carbocycles. The molecular formula is C25H31F3O3. The average molecular weight is 437 g/mol. The number of rotatable bonds is 10. The molecule has 3 nitrogen and oxygen atoms in total. The second kappa shape index (κ2) is 11.4. The normalized spacial score (nSPS) is 18.9. The first-order valence-corrected chi connectivity index (χ1v) is 11.1. The summed E-state index contributed by atoms with van der Waals surface area (Å²) in [5, 5.41) is 0. The third kappa shape index (κ3) is 6.16. The van der Waals surface area contributed by atoms with Crippen LogP contribution in [0.5, 0.6) is 11.5 Å². The first-order valence-electron chi connectivity index (χ1n) is 11.1. The van der Waals surface area contributed by atoms with Gasteiger partial charge in [-0.1, -0.05) is 32.4 Å². The Morgan fingerprint density at radius 3 is 2.29 bits per heavy atom. The van der Waals surface area contributed by atoms with Crippen molar-refractivity contribution >= 4 is 0 Å². The molecule has 31 heavy (non-hydrogen) atoms. The molecule has 0 aliphatic carbocycles. The summed E-state index contributed by atoms with van der Waals surface area (Å²) in [7, 11) is 0. The van der Waals surface area contributed by atoms with E-state index in [1.54, 1.807) is 36.4 Å². The van der Waals surface area contributed by atoms with Crippen LogP contribution >= 0.6 is 0 Å². The van der Waals surface area contributed by atoms with Crippen molar-refractivity contribution in [1.82, 2.24) is 0 Å². The predicted octanol–water partition coefficient (Wildman–Crippen LogP) is 7.19. The monoisotopic (exact) mass is 436 g/mol. The summed E-state index contributed by atoms with van der Waals surface area (Å²) in [6.45, 7) is 5.00. The third-order valence-corrected chi connectivity index (χ3v) is 5.76. The molecule has 0 spiro atoms. The summed E-state index contributed by atoms with van der Waals surface area (Å²) in [4.78, 5) is 0. The van der Waals surface area contributed by atoms with Crippen molar-refractivity contribution in [3.63, 3.8) is 0 Å². The maximum atomic E-state index is 15.0. The Bertz CT molecular complexity index is 816. The van der Waals surface area contributed by atoms with Crippen LogP contribution in [-0.2, 0) is 11.3 Å². The van der Waals surface area contributed by atoms with Crippen LogP contribution in [0.3, 0.4) is 0 Å². The van der Waals surface area contributed by atoms with Crippen molar-refractivity contribution in [2.75, 3.05) is 13.2 Å². The molecule has 1 fully saturated rings. The highest BCUT2D eigenvalue weighted by Crippen LogP contribution is 2.37. The number of benzene rings is 2. The van der Waals surface area contributed by atoms with Crippen molar-refractivity contribution in [1.29, 1.82) is 0 Å². The van der Waals surface area contributed by atoms with Gasteiger partial charge in [0.25, 0.3) is 6.43 Å². The lowest BCUT2D eigenvalue weighted by atomic mass is 9.87. The van der Waals surface area contributed by atoms with Crippen molar-refractivity contribution in [2.45, 2.75) is 71.0 Å². The molecule has 0 radical (unpaired) electrons. The van der Waals surface area contributed by atoms with Crippen LogP contribution in [0.2, 0.25) is 0 Å². The second-order valence-electron chi connectivity index (χ2n) is 7.94. The van der Waals surface area contributed by atoms with E-state index in [1.165, 1.54) is 0 Å². The first-order chi connectivity index (χ1) is 15.0. The summed E-state index contributed by atoms with van der Waals surface area (Å²) in [6.07, 6.45) is 1.72. The zero-order chi connectivity index (χ0) is 22.2. The van der Waals surface area contributed by atoms with E-state index >= 15 is 4.39 Å². The fourth-order valence-corrected chi connectivity index (χ4v) is 3.84. The van der Waals surface area contributed by atoms with Crippen LogP contribution in [0.25, 0.3) is 0 Å². The van der Waals surface area contributed by atoms with Gasteiger partial charge in [0.1, 0.15) is 23.9 Å². The summed E-state index contributed by atoms with van der Waals surface area (Å²) >= 11 is 0. The molecule has 1 saturated heterocycles. The minimum Gasteiger partial charge on any atom is -0.494 e. The molecule has 6 heteroatoms. The highest BCUT2D eigenvalue weighted by Gasteiger charge is 2.29. The molecule has 0 N–H and O–H groups in total. The molecule has 1 aliphatic rings. The maximum absolute atomic E-state index is 15.0. The molecule has 3 rings (SSSR count). The average Bonchev–Trinajstić information content (AvgIpc) is 2.79. The number of ether oxygens (including phenoxy) is 3. The van der Waals surface area contributed by atoms with Gasteiger partial charge in [-0.05, 0) is 55.5 Å². The third-order valence-electron chi connectivity index (χ3n) is 5.76. The Balaban J connectivity index is 1.67. The molecule has 0 aromatic heterocycles. The van der Waals surface area contributed by atoms with Gasteiger partial charge < -0.3 is 14.2 Å². The molecular weight excluding hydrogens is 405 g/mol. The Kier molecular flexibility index (Phi) is 8.64. The fourth-order valence-electron chi connectivity index (χ4n) is 3.84. The Morgan fingerprint density at radius 2 is 1.71 bits per heavy atom. The van der Waals surface area contributed by atoms with E-state index in [-0.39, 0.29) is 24.2 Å². The van der Waals surface area contributed by atoms with Crippen molar-refractivity contribution in [3.8, 4) is 11.5 Å². The van der Waals surface area contributed by atoms with Gasteiger partial charge in [-0.25, -0.2) is 13.2 Å². The lowest BCUT2D eigenvalue weighted by Crippen LogP contribution is -2.25. The van der Waals surface area contributed by atoms with E-state index in [0.29, 0.717) is 24.5 Å². The lowest BCUT2D eigenvalue weighted by Gasteiger charge is -2.30. The minimum atomic E-state index is -2.89. The summed E-state index contributed by atoms with van der Waals surface area (Å²) < 4.78 is 59.5. The molecule has 0 saturated carbocycles. The van der Waals surface area contributed by atoms with Gasteiger partial charge in [0.15, 0.2) is 0 Å². The van der Waals surface area contributed by atoms with Gasteiger partial charge >= 0.3 is 0 Å². The highest BCUT2D eigenvalue weighted by molar-refractivity contribution is 5.38. The Morgan fingerprint density at radius 1 is 1.00 bits per heavy atom.